The number of halogens is 1. The average Bonchev–Trinajstić information content (AvgIpc) is 2.49. The van der Waals surface area contributed by atoms with Crippen LogP contribution >= 0.6 is 11.6 Å². The molecule has 7 nitrogen and oxygen atoms in total. The number of nitrogens with one attached hydrogen (secondary N) is 1. The average molecular weight is 352 g/mol. The van der Waals surface area contributed by atoms with Crippen molar-refractivity contribution in [1.82, 2.24) is 0 Å². The summed E-state index contributed by atoms with van der Waals surface area (Å²) in [4.78, 5) is 10.0. The minimum absolute atomic E-state index is 0.0126. The summed E-state index contributed by atoms with van der Waals surface area (Å²) >= 11 is 5.89. The smallest absolute Gasteiger partial charge is 0.272 e. The zero-order valence-electron chi connectivity index (χ0n) is 11.8. The predicted octanol–water partition coefficient (Wildman–Crippen LogP) is 3.23. The fourth-order valence-electron chi connectivity index (χ4n) is 1.80. The van der Waals surface area contributed by atoms with Crippen molar-refractivity contribution < 1.29 is 13.3 Å². The lowest BCUT2D eigenvalue weighted by atomic mass is 10.2. The van der Waals surface area contributed by atoms with Gasteiger partial charge < -0.3 is 0 Å². The Bertz CT molecular complexity index is 918. The van der Waals surface area contributed by atoms with Crippen LogP contribution in [0.3, 0.4) is 0 Å². The second kappa shape index (κ2) is 6.24. The number of nitro benzene ring substituents is 1. The van der Waals surface area contributed by atoms with E-state index < -0.39 is 20.6 Å². The maximum absolute atomic E-state index is 12.3. The Labute approximate surface area is 137 Å². The first-order valence-corrected chi connectivity index (χ1v) is 8.08. The zero-order valence-corrected chi connectivity index (χ0v) is 13.4. The number of nitro groups is 1. The number of hydrogen-bond acceptors (Lipinski definition) is 5. The van der Waals surface area contributed by atoms with Crippen molar-refractivity contribution in [3.63, 3.8) is 0 Å². The van der Waals surface area contributed by atoms with E-state index in [-0.39, 0.29) is 21.2 Å². The van der Waals surface area contributed by atoms with Crippen LogP contribution < -0.4 is 4.72 Å². The predicted molar refractivity (Wildman–Crippen MR) is 84.8 cm³/mol. The number of sulfonamides is 1. The quantitative estimate of drug-likeness (QED) is 0.671. The van der Waals surface area contributed by atoms with Gasteiger partial charge in [-0.15, -0.1) is 0 Å². The second-order valence-electron chi connectivity index (χ2n) is 4.64. The van der Waals surface area contributed by atoms with Gasteiger partial charge in [-0.1, -0.05) is 29.3 Å². The van der Waals surface area contributed by atoms with Gasteiger partial charge >= 0.3 is 0 Å². The second-order valence-corrected chi connectivity index (χ2v) is 6.73. The fourth-order valence-corrected chi connectivity index (χ4v) is 3.22. The van der Waals surface area contributed by atoms with E-state index in [2.05, 4.69) is 4.72 Å². The number of aryl methyl sites for hydroxylation is 1. The SMILES string of the molecule is Cc1ccc(S(=O)(=O)Nc2c(Cl)cc([N+](=O)[O-])cc2C#N)cc1. The van der Waals surface area contributed by atoms with Crippen LogP contribution in [0, 0.1) is 28.4 Å². The van der Waals surface area contributed by atoms with Gasteiger partial charge in [-0.25, -0.2) is 8.42 Å². The molecule has 0 spiro atoms. The molecule has 0 aromatic heterocycles. The summed E-state index contributed by atoms with van der Waals surface area (Å²) in [5, 5.41) is 19.6. The van der Waals surface area contributed by atoms with E-state index in [0.29, 0.717) is 0 Å². The van der Waals surface area contributed by atoms with E-state index in [1.165, 1.54) is 12.1 Å². The Hall–Kier alpha value is -2.63. The van der Waals surface area contributed by atoms with E-state index in [4.69, 9.17) is 16.9 Å². The lowest BCUT2D eigenvalue weighted by Gasteiger charge is -2.11. The number of non-ortho nitro benzene ring substituents is 1. The molecule has 9 heteroatoms. The third kappa shape index (κ3) is 3.59. The molecule has 0 aliphatic rings. The van der Waals surface area contributed by atoms with Gasteiger partial charge in [0.2, 0.25) is 0 Å². The van der Waals surface area contributed by atoms with Crippen LogP contribution in [0.25, 0.3) is 0 Å². The summed E-state index contributed by atoms with van der Waals surface area (Å²) in [7, 11) is -3.97. The van der Waals surface area contributed by atoms with E-state index in [9.17, 15) is 18.5 Å². The van der Waals surface area contributed by atoms with E-state index in [1.807, 2.05) is 6.92 Å². The first-order valence-electron chi connectivity index (χ1n) is 6.22. The normalized spacial score (nSPS) is 10.8. The van der Waals surface area contributed by atoms with Crippen molar-refractivity contribution >= 4 is 33.0 Å². The number of anilines is 1. The summed E-state index contributed by atoms with van der Waals surface area (Å²) in [5.74, 6) is 0. The number of nitrogens with zero attached hydrogens (tertiary/aromatic N) is 2. The van der Waals surface area contributed by atoms with Gasteiger partial charge in [0.25, 0.3) is 15.7 Å². The van der Waals surface area contributed by atoms with Crippen LogP contribution in [0.15, 0.2) is 41.3 Å². The molecule has 0 saturated carbocycles. The third-order valence-electron chi connectivity index (χ3n) is 2.97. The summed E-state index contributed by atoms with van der Waals surface area (Å²) in [6.07, 6.45) is 0. The Morgan fingerprint density at radius 2 is 1.87 bits per heavy atom. The molecule has 0 aliphatic heterocycles. The molecule has 1 N–H and O–H groups in total. The largest absolute Gasteiger partial charge is 0.277 e. The summed E-state index contributed by atoms with van der Waals surface area (Å²) < 4.78 is 26.9. The molecule has 118 valence electrons. The highest BCUT2D eigenvalue weighted by Gasteiger charge is 2.21. The first-order chi connectivity index (χ1) is 10.7. The summed E-state index contributed by atoms with van der Waals surface area (Å²) in [6, 6.07) is 9.69. The Morgan fingerprint density at radius 1 is 1.26 bits per heavy atom. The number of hydrogen-bond donors (Lipinski definition) is 1. The van der Waals surface area contributed by atoms with Crippen LogP contribution in [-0.2, 0) is 10.0 Å². The molecule has 2 aromatic rings. The Balaban J connectivity index is 2.49. The fraction of sp³-hybridized carbons (Fsp3) is 0.0714. The van der Waals surface area contributed by atoms with E-state index in [0.717, 1.165) is 17.7 Å². The van der Waals surface area contributed by atoms with Crippen LogP contribution in [-0.4, -0.2) is 13.3 Å². The summed E-state index contributed by atoms with van der Waals surface area (Å²) in [5.41, 5.74) is 0.0556. The lowest BCUT2D eigenvalue weighted by Crippen LogP contribution is -2.14. The maximum atomic E-state index is 12.3. The molecule has 0 aliphatic carbocycles. The molecule has 23 heavy (non-hydrogen) atoms. The van der Waals surface area contributed by atoms with Gasteiger partial charge in [0.15, 0.2) is 0 Å². The lowest BCUT2D eigenvalue weighted by molar-refractivity contribution is -0.384. The van der Waals surface area contributed by atoms with Crippen molar-refractivity contribution in [3.05, 3.63) is 62.7 Å². The highest BCUT2D eigenvalue weighted by atomic mass is 35.5. The van der Waals surface area contributed by atoms with Crippen LogP contribution in [0.1, 0.15) is 11.1 Å². The van der Waals surface area contributed by atoms with Crippen molar-refractivity contribution in [2.75, 3.05) is 4.72 Å². The monoisotopic (exact) mass is 351 g/mol. The van der Waals surface area contributed by atoms with Crippen LogP contribution in [0.5, 0.6) is 0 Å². The number of rotatable bonds is 4. The van der Waals surface area contributed by atoms with Crippen molar-refractivity contribution in [2.24, 2.45) is 0 Å². The van der Waals surface area contributed by atoms with Gasteiger partial charge in [-0.2, -0.15) is 5.26 Å². The van der Waals surface area contributed by atoms with Crippen molar-refractivity contribution in [2.45, 2.75) is 11.8 Å². The van der Waals surface area contributed by atoms with Gasteiger partial charge in [-0.05, 0) is 19.1 Å². The summed E-state index contributed by atoms with van der Waals surface area (Å²) in [6.45, 7) is 1.81. The molecule has 0 saturated heterocycles. The molecular formula is C14H10ClN3O4S. The van der Waals surface area contributed by atoms with Crippen molar-refractivity contribution in [3.8, 4) is 6.07 Å². The minimum Gasteiger partial charge on any atom is -0.277 e. The standard InChI is InChI=1S/C14H10ClN3O4S/c1-9-2-4-12(5-3-9)23(21,22)17-14-10(8-16)6-11(18(19)20)7-13(14)15/h2-7,17H,1H3. The zero-order chi connectivity index (χ0) is 17.2. The Morgan fingerprint density at radius 3 is 2.39 bits per heavy atom. The van der Waals surface area contributed by atoms with Gasteiger partial charge in [-0.3, -0.25) is 14.8 Å². The van der Waals surface area contributed by atoms with Gasteiger partial charge in [0.1, 0.15) is 6.07 Å². The van der Waals surface area contributed by atoms with Crippen molar-refractivity contribution in [1.29, 1.82) is 5.26 Å². The van der Waals surface area contributed by atoms with E-state index in [1.54, 1.807) is 18.2 Å². The highest BCUT2D eigenvalue weighted by molar-refractivity contribution is 7.92. The van der Waals surface area contributed by atoms with Gasteiger partial charge in [0.05, 0.1) is 26.1 Å². The minimum atomic E-state index is -3.97. The molecular weight excluding hydrogens is 342 g/mol. The molecule has 0 amide bonds. The molecule has 0 unspecified atom stereocenters. The van der Waals surface area contributed by atoms with E-state index >= 15 is 0 Å². The van der Waals surface area contributed by atoms with Crippen LogP contribution in [0.2, 0.25) is 5.02 Å². The molecule has 0 radical (unpaired) electrons. The number of nitriles is 1. The molecule has 2 aromatic carbocycles. The number of benzene rings is 2. The third-order valence-corrected chi connectivity index (χ3v) is 4.64. The topological polar surface area (TPSA) is 113 Å². The molecule has 0 fully saturated rings. The first kappa shape index (κ1) is 16.7. The highest BCUT2D eigenvalue weighted by Crippen LogP contribution is 2.32. The molecule has 2 rings (SSSR count). The maximum Gasteiger partial charge on any atom is 0.272 e. The molecule has 0 heterocycles. The molecule has 0 atom stereocenters. The van der Waals surface area contributed by atoms with Crippen LogP contribution in [0.4, 0.5) is 11.4 Å². The van der Waals surface area contributed by atoms with Gasteiger partial charge in [0, 0.05) is 12.1 Å². The Kier molecular flexibility index (Phi) is 4.54. The molecule has 0 bridgehead atoms.